The molecular weight excluding hydrogens is 376 g/mol. The number of methoxy groups -OCH3 is 1. The van der Waals surface area contributed by atoms with Crippen molar-refractivity contribution in [1.29, 1.82) is 0 Å². The molecule has 1 N–H and O–H groups in total. The van der Waals surface area contributed by atoms with Crippen molar-refractivity contribution in [3.8, 4) is 0 Å². The van der Waals surface area contributed by atoms with E-state index in [9.17, 15) is 0 Å². The molecule has 1 heterocycles. The van der Waals surface area contributed by atoms with Gasteiger partial charge in [0.2, 0.25) is 0 Å². The molecule has 0 aromatic heterocycles. The minimum Gasteiger partial charge on any atom is -0.410 e. The average molecular weight is 421 g/mol. The summed E-state index contributed by atoms with van der Waals surface area (Å²) in [6.45, 7) is 18.2. The van der Waals surface area contributed by atoms with E-state index >= 15 is 0 Å². The topological polar surface area (TPSA) is 33.7 Å². The summed E-state index contributed by atoms with van der Waals surface area (Å²) in [4.78, 5) is 0. The van der Waals surface area contributed by atoms with Crippen molar-refractivity contribution in [3.63, 3.8) is 0 Å². The number of rotatable bonds is 10. The van der Waals surface area contributed by atoms with E-state index in [0.717, 1.165) is 19.6 Å². The van der Waals surface area contributed by atoms with Gasteiger partial charge in [-0.25, -0.2) is 5.01 Å². The third-order valence-electron chi connectivity index (χ3n) is 6.96. The van der Waals surface area contributed by atoms with Gasteiger partial charge in [0, 0.05) is 31.7 Å². The second kappa shape index (κ2) is 10.5. The second-order valence-electron chi connectivity index (χ2n) is 10.1. The molecule has 4 atom stereocenters. The smallest absolute Gasteiger partial charge is 0.192 e. The second-order valence-corrected chi connectivity index (χ2v) is 14.9. The van der Waals surface area contributed by atoms with E-state index in [0.29, 0.717) is 18.0 Å². The van der Waals surface area contributed by atoms with Gasteiger partial charge in [0.05, 0.1) is 12.7 Å². The predicted octanol–water partition coefficient (Wildman–Crippen LogP) is 5.78. The van der Waals surface area contributed by atoms with Gasteiger partial charge in [0.1, 0.15) is 0 Å². The van der Waals surface area contributed by atoms with E-state index in [1.807, 2.05) is 0 Å². The zero-order valence-corrected chi connectivity index (χ0v) is 21.0. The van der Waals surface area contributed by atoms with E-state index in [2.05, 4.69) is 88.5 Å². The Morgan fingerprint density at radius 3 is 2.41 bits per heavy atom. The average Bonchev–Trinajstić information content (AvgIpc) is 3.08. The van der Waals surface area contributed by atoms with Gasteiger partial charge in [-0.15, -0.1) is 0 Å². The first-order valence-electron chi connectivity index (χ1n) is 11.3. The van der Waals surface area contributed by atoms with E-state index < -0.39 is 8.32 Å². The molecule has 0 unspecified atom stereocenters. The van der Waals surface area contributed by atoms with Crippen LogP contribution in [0.1, 0.15) is 65.5 Å². The number of hydrazine groups is 1. The molecule has 0 saturated carbocycles. The van der Waals surface area contributed by atoms with Gasteiger partial charge in [-0.05, 0) is 49.9 Å². The van der Waals surface area contributed by atoms with Gasteiger partial charge in [-0.3, -0.25) is 5.43 Å². The van der Waals surface area contributed by atoms with Gasteiger partial charge in [-0.2, -0.15) is 0 Å². The lowest BCUT2D eigenvalue weighted by Gasteiger charge is -2.43. The molecule has 5 heteroatoms. The minimum atomic E-state index is -1.91. The van der Waals surface area contributed by atoms with E-state index in [4.69, 9.17) is 9.16 Å². The van der Waals surface area contributed by atoms with E-state index in [1.165, 1.54) is 18.4 Å². The van der Waals surface area contributed by atoms with Crippen molar-refractivity contribution in [2.45, 2.75) is 90.2 Å². The SMILES string of the molecule is CC[C@@H]([C@@H](C)NN1CCC[C@H]1COC)[C@@H](O[Si](C)(C)C(C)(C)C)c1ccccc1. The molecule has 1 aromatic rings. The molecule has 0 spiro atoms. The third kappa shape index (κ3) is 6.38. The lowest BCUT2D eigenvalue weighted by Crippen LogP contribution is -2.52. The molecule has 1 fully saturated rings. The summed E-state index contributed by atoms with van der Waals surface area (Å²) in [5.74, 6) is 0.398. The highest BCUT2D eigenvalue weighted by atomic mass is 28.4. The first-order chi connectivity index (χ1) is 13.6. The number of ether oxygens (including phenoxy) is 1. The van der Waals surface area contributed by atoms with Crippen molar-refractivity contribution >= 4 is 8.32 Å². The number of hydrogen-bond donors (Lipinski definition) is 1. The quantitative estimate of drug-likeness (QED) is 0.487. The monoisotopic (exact) mass is 420 g/mol. The molecule has 1 saturated heterocycles. The van der Waals surface area contributed by atoms with Crippen LogP contribution in [0.2, 0.25) is 18.1 Å². The number of benzene rings is 1. The fraction of sp³-hybridized carbons (Fsp3) is 0.750. The maximum atomic E-state index is 7.06. The van der Waals surface area contributed by atoms with Crippen LogP contribution >= 0.6 is 0 Å². The Hall–Kier alpha value is -0.723. The van der Waals surface area contributed by atoms with Crippen LogP contribution < -0.4 is 5.43 Å². The lowest BCUT2D eigenvalue weighted by molar-refractivity contribution is 0.0341. The van der Waals surface area contributed by atoms with Crippen molar-refractivity contribution in [2.24, 2.45) is 5.92 Å². The minimum absolute atomic E-state index is 0.105. The maximum absolute atomic E-state index is 7.06. The van der Waals surface area contributed by atoms with Crippen LogP contribution in [-0.4, -0.2) is 45.7 Å². The summed E-state index contributed by atoms with van der Waals surface area (Å²) < 4.78 is 12.5. The molecule has 1 aliphatic rings. The molecule has 0 aliphatic carbocycles. The molecule has 0 bridgehead atoms. The highest BCUT2D eigenvalue weighted by Gasteiger charge is 2.42. The molecule has 1 aliphatic heterocycles. The van der Waals surface area contributed by atoms with Crippen LogP contribution in [0.25, 0.3) is 0 Å². The summed E-state index contributed by atoms with van der Waals surface area (Å²) in [7, 11) is -0.109. The highest BCUT2D eigenvalue weighted by Crippen LogP contribution is 2.43. The van der Waals surface area contributed by atoms with Gasteiger partial charge in [0.15, 0.2) is 8.32 Å². The van der Waals surface area contributed by atoms with Gasteiger partial charge in [0.25, 0.3) is 0 Å². The van der Waals surface area contributed by atoms with Crippen LogP contribution in [0.5, 0.6) is 0 Å². The largest absolute Gasteiger partial charge is 0.410 e. The Morgan fingerprint density at radius 1 is 1.21 bits per heavy atom. The summed E-state index contributed by atoms with van der Waals surface area (Å²) >= 11 is 0. The van der Waals surface area contributed by atoms with Crippen molar-refractivity contribution < 1.29 is 9.16 Å². The molecule has 166 valence electrons. The van der Waals surface area contributed by atoms with Crippen LogP contribution in [-0.2, 0) is 9.16 Å². The summed E-state index contributed by atoms with van der Waals surface area (Å²) in [6.07, 6.45) is 3.61. The van der Waals surface area contributed by atoms with Gasteiger partial charge < -0.3 is 9.16 Å². The molecule has 4 nitrogen and oxygen atoms in total. The molecule has 0 amide bonds. The Kier molecular flexibility index (Phi) is 8.92. The van der Waals surface area contributed by atoms with Crippen LogP contribution in [0.15, 0.2) is 30.3 Å². The van der Waals surface area contributed by atoms with Crippen molar-refractivity contribution in [1.82, 2.24) is 10.4 Å². The summed E-state index contributed by atoms with van der Waals surface area (Å²) in [5.41, 5.74) is 5.13. The zero-order chi connectivity index (χ0) is 21.7. The van der Waals surface area contributed by atoms with Crippen LogP contribution in [0, 0.1) is 5.92 Å². The first kappa shape index (κ1) is 24.5. The third-order valence-corrected chi connectivity index (χ3v) is 11.4. The highest BCUT2D eigenvalue weighted by molar-refractivity contribution is 6.74. The summed E-state index contributed by atoms with van der Waals surface area (Å²) in [6, 6.07) is 11.6. The Balaban J connectivity index is 2.24. The van der Waals surface area contributed by atoms with Gasteiger partial charge >= 0.3 is 0 Å². The van der Waals surface area contributed by atoms with Crippen molar-refractivity contribution in [3.05, 3.63) is 35.9 Å². The van der Waals surface area contributed by atoms with Crippen molar-refractivity contribution in [2.75, 3.05) is 20.3 Å². The molecular formula is C24H44N2O2Si. The number of hydrogen-bond acceptors (Lipinski definition) is 4. The van der Waals surface area contributed by atoms with Crippen LogP contribution in [0.3, 0.4) is 0 Å². The van der Waals surface area contributed by atoms with Crippen LogP contribution in [0.4, 0.5) is 0 Å². The van der Waals surface area contributed by atoms with E-state index in [-0.39, 0.29) is 11.1 Å². The molecule has 0 radical (unpaired) electrons. The van der Waals surface area contributed by atoms with Gasteiger partial charge in [-0.1, -0.05) is 58.0 Å². The fourth-order valence-electron chi connectivity index (χ4n) is 4.10. The Morgan fingerprint density at radius 2 is 1.86 bits per heavy atom. The number of nitrogens with zero attached hydrogens (tertiary/aromatic N) is 1. The summed E-state index contributed by atoms with van der Waals surface area (Å²) in [5, 5.41) is 2.60. The fourth-order valence-corrected chi connectivity index (χ4v) is 5.40. The molecule has 2 rings (SSSR count). The normalized spacial score (nSPS) is 21.9. The lowest BCUT2D eigenvalue weighted by atomic mass is 9.88. The Bertz CT molecular complexity index is 603. The first-order valence-corrected chi connectivity index (χ1v) is 14.3. The maximum Gasteiger partial charge on any atom is 0.192 e. The van der Waals surface area contributed by atoms with E-state index in [1.54, 1.807) is 7.11 Å². The predicted molar refractivity (Wildman–Crippen MR) is 125 cm³/mol. The zero-order valence-electron chi connectivity index (χ0n) is 20.0. The Labute approximate surface area is 180 Å². The molecule has 29 heavy (non-hydrogen) atoms. The molecule has 1 aromatic carbocycles. The standard InChI is InChI=1S/C24H44N2O2Si/c1-9-22(19(2)25-26-17-13-16-21(26)18-27-6)23(20-14-11-10-12-15-20)28-29(7,8)24(3,4)5/h10-12,14-15,19,21-23,25H,9,13,16-18H2,1-8H3/t19-,21+,22+,23+/m1/s1. The number of nitrogens with one attached hydrogen (secondary N) is 1.